The van der Waals surface area contributed by atoms with Gasteiger partial charge in [0.2, 0.25) is 5.91 Å². The summed E-state index contributed by atoms with van der Waals surface area (Å²) in [5.41, 5.74) is 0.792. The first-order valence-corrected chi connectivity index (χ1v) is 8.79. The number of carbonyl (C=O) groups excluding carboxylic acids is 1. The van der Waals surface area contributed by atoms with Gasteiger partial charge in [0.05, 0.1) is 6.04 Å². The Labute approximate surface area is 164 Å². The summed E-state index contributed by atoms with van der Waals surface area (Å²) in [5, 5.41) is 10.0. The van der Waals surface area contributed by atoms with Crippen LogP contribution in [0, 0.1) is 16.4 Å². The van der Waals surface area contributed by atoms with E-state index in [-0.39, 0.29) is 16.9 Å². The minimum atomic E-state index is -0.715. The van der Waals surface area contributed by atoms with Crippen molar-refractivity contribution in [1.82, 2.24) is 20.1 Å². The van der Waals surface area contributed by atoms with E-state index in [1.54, 1.807) is 31.2 Å². The summed E-state index contributed by atoms with van der Waals surface area (Å²) in [5.74, 6) is -1.11. The molecule has 0 saturated heterocycles. The lowest BCUT2D eigenvalue weighted by molar-refractivity contribution is -0.122. The molecule has 2 N–H and O–H groups in total. The van der Waals surface area contributed by atoms with Crippen molar-refractivity contribution >= 4 is 29.7 Å². The minimum Gasteiger partial charge on any atom is -0.348 e. The number of hydrogen-bond acceptors (Lipinski definition) is 3. The fraction of sp³-hybridized carbons (Fsp3) is 0.167. The van der Waals surface area contributed by atoms with Crippen LogP contribution >= 0.6 is 23.8 Å². The Morgan fingerprint density at radius 1 is 1.30 bits per heavy atom. The molecule has 1 amide bonds. The molecule has 5 nitrogen and oxygen atoms in total. The van der Waals surface area contributed by atoms with Gasteiger partial charge in [-0.15, -0.1) is 0 Å². The fourth-order valence-electron chi connectivity index (χ4n) is 2.64. The second-order valence-corrected chi connectivity index (χ2v) is 6.72. The molecule has 1 atom stereocenters. The maximum Gasteiger partial charge on any atom is 0.240 e. The number of halogens is 3. The summed E-state index contributed by atoms with van der Waals surface area (Å²) in [6, 6.07) is 9.31. The standard InChI is InChI=1S/C18H15ClF2N4OS/c1-10(14-8-13(20)6-7-15(14)21)22-16(26)9-25-17(23-24-18(25)27)11-2-4-12(19)5-3-11/h2-8,10H,9H2,1H3,(H,22,26)(H,24,27). The van der Waals surface area contributed by atoms with Gasteiger partial charge < -0.3 is 5.32 Å². The highest BCUT2D eigenvalue weighted by Crippen LogP contribution is 2.21. The first-order valence-electron chi connectivity index (χ1n) is 8.00. The minimum absolute atomic E-state index is 0.0667. The van der Waals surface area contributed by atoms with Gasteiger partial charge in [-0.2, -0.15) is 5.10 Å². The zero-order valence-corrected chi connectivity index (χ0v) is 15.7. The Bertz CT molecular complexity index is 1030. The van der Waals surface area contributed by atoms with E-state index in [4.69, 9.17) is 23.8 Å². The van der Waals surface area contributed by atoms with Gasteiger partial charge in [0.1, 0.15) is 18.2 Å². The van der Waals surface area contributed by atoms with E-state index in [1.807, 2.05) is 0 Å². The molecule has 0 aliphatic heterocycles. The normalized spacial score (nSPS) is 12.0. The topological polar surface area (TPSA) is 62.7 Å². The van der Waals surface area contributed by atoms with Crippen molar-refractivity contribution in [2.45, 2.75) is 19.5 Å². The molecule has 0 radical (unpaired) electrons. The number of rotatable bonds is 5. The highest BCUT2D eigenvalue weighted by Gasteiger charge is 2.17. The lowest BCUT2D eigenvalue weighted by Crippen LogP contribution is -2.31. The van der Waals surface area contributed by atoms with Gasteiger partial charge in [-0.05, 0) is 61.6 Å². The summed E-state index contributed by atoms with van der Waals surface area (Å²) in [4.78, 5) is 12.4. The second-order valence-electron chi connectivity index (χ2n) is 5.90. The van der Waals surface area contributed by atoms with Crippen molar-refractivity contribution in [3.05, 3.63) is 69.5 Å². The zero-order valence-electron chi connectivity index (χ0n) is 14.2. The third kappa shape index (κ3) is 4.40. The molecule has 140 valence electrons. The number of hydrogen-bond donors (Lipinski definition) is 2. The van der Waals surface area contributed by atoms with Crippen molar-refractivity contribution in [1.29, 1.82) is 0 Å². The highest BCUT2D eigenvalue weighted by atomic mass is 35.5. The number of nitrogens with one attached hydrogen (secondary N) is 2. The molecule has 9 heteroatoms. The van der Waals surface area contributed by atoms with Crippen LogP contribution in [-0.2, 0) is 11.3 Å². The Balaban J connectivity index is 1.78. The van der Waals surface area contributed by atoms with E-state index in [0.29, 0.717) is 10.8 Å². The molecule has 1 unspecified atom stereocenters. The van der Waals surface area contributed by atoms with Crippen LogP contribution in [-0.4, -0.2) is 20.7 Å². The van der Waals surface area contributed by atoms with Gasteiger partial charge in [-0.1, -0.05) is 11.6 Å². The Kier molecular flexibility index (Phi) is 5.67. The predicted molar refractivity (Wildman–Crippen MR) is 101 cm³/mol. The van der Waals surface area contributed by atoms with Gasteiger partial charge in [0, 0.05) is 16.1 Å². The largest absolute Gasteiger partial charge is 0.348 e. The SMILES string of the molecule is CC(NC(=O)Cn1c(-c2ccc(Cl)cc2)n[nH]c1=S)c1cc(F)ccc1F. The lowest BCUT2D eigenvalue weighted by atomic mass is 10.1. The van der Waals surface area contributed by atoms with Gasteiger partial charge in [0.25, 0.3) is 0 Å². The predicted octanol–water partition coefficient (Wildman–Crippen LogP) is 4.42. The number of benzene rings is 2. The van der Waals surface area contributed by atoms with E-state index >= 15 is 0 Å². The Morgan fingerprint density at radius 3 is 2.70 bits per heavy atom. The molecule has 0 spiro atoms. The highest BCUT2D eigenvalue weighted by molar-refractivity contribution is 7.71. The van der Waals surface area contributed by atoms with Crippen LogP contribution in [0.2, 0.25) is 5.02 Å². The van der Waals surface area contributed by atoms with E-state index < -0.39 is 23.6 Å². The van der Waals surface area contributed by atoms with Crippen molar-refractivity contribution in [2.24, 2.45) is 0 Å². The summed E-state index contributed by atoms with van der Waals surface area (Å²) in [6.45, 7) is 1.44. The van der Waals surface area contributed by atoms with E-state index in [2.05, 4.69) is 15.5 Å². The van der Waals surface area contributed by atoms with Gasteiger partial charge >= 0.3 is 0 Å². The van der Waals surface area contributed by atoms with Gasteiger partial charge in [-0.3, -0.25) is 14.5 Å². The van der Waals surface area contributed by atoms with Crippen molar-refractivity contribution < 1.29 is 13.6 Å². The molecule has 2 aromatic carbocycles. The smallest absolute Gasteiger partial charge is 0.240 e. The average molecular weight is 409 g/mol. The second kappa shape index (κ2) is 7.98. The van der Waals surface area contributed by atoms with Crippen LogP contribution in [0.5, 0.6) is 0 Å². The third-order valence-corrected chi connectivity index (χ3v) is 4.53. The monoisotopic (exact) mass is 408 g/mol. The molecular weight excluding hydrogens is 394 g/mol. The summed E-state index contributed by atoms with van der Waals surface area (Å²) >= 11 is 11.1. The zero-order chi connectivity index (χ0) is 19.6. The maximum atomic E-state index is 13.9. The quantitative estimate of drug-likeness (QED) is 0.614. The van der Waals surface area contributed by atoms with Crippen LogP contribution in [0.25, 0.3) is 11.4 Å². The first kappa shape index (κ1) is 19.2. The number of aromatic amines is 1. The number of carbonyl (C=O) groups is 1. The molecule has 0 saturated carbocycles. The average Bonchev–Trinajstić information content (AvgIpc) is 2.98. The van der Waals surface area contributed by atoms with Gasteiger partial charge in [-0.25, -0.2) is 8.78 Å². The Morgan fingerprint density at radius 2 is 2.00 bits per heavy atom. The number of amides is 1. The molecule has 0 aliphatic carbocycles. The molecule has 1 heterocycles. The molecule has 3 aromatic rings. The van der Waals surface area contributed by atoms with Crippen molar-refractivity contribution in [3.63, 3.8) is 0 Å². The number of aromatic nitrogens is 3. The maximum absolute atomic E-state index is 13.9. The van der Waals surface area contributed by atoms with Crippen LogP contribution < -0.4 is 5.32 Å². The third-order valence-electron chi connectivity index (χ3n) is 3.96. The van der Waals surface area contributed by atoms with Crippen LogP contribution in [0.15, 0.2) is 42.5 Å². The molecule has 27 heavy (non-hydrogen) atoms. The fourth-order valence-corrected chi connectivity index (χ4v) is 2.96. The molecular formula is C18H15ClF2N4OS. The summed E-state index contributed by atoms with van der Waals surface area (Å²) in [6.07, 6.45) is 0. The molecule has 1 aromatic heterocycles. The molecule has 3 rings (SSSR count). The van der Waals surface area contributed by atoms with Crippen LogP contribution in [0.4, 0.5) is 8.78 Å². The number of H-pyrrole nitrogens is 1. The van der Waals surface area contributed by atoms with E-state index in [0.717, 1.165) is 23.8 Å². The first-order chi connectivity index (χ1) is 12.8. The van der Waals surface area contributed by atoms with E-state index in [1.165, 1.54) is 4.57 Å². The molecule has 0 fully saturated rings. The number of nitrogens with zero attached hydrogens (tertiary/aromatic N) is 2. The van der Waals surface area contributed by atoms with Crippen LogP contribution in [0.1, 0.15) is 18.5 Å². The molecule has 0 bridgehead atoms. The summed E-state index contributed by atoms with van der Waals surface area (Å²) in [7, 11) is 0. The van der Waals surface area contributed by atoms with Crippen LogP contribution in [0.3, 0.4) is 0 Å². The molecule has 0 aliphatic rings. The van der Waals surface area contributed by atoms with Crippen molar-refractivity contribution in [2.75, 3.05) is 0 Å². The Hall–Kier alpha value is -2.58. The summed E-state index contributed by atoms with van der Waals surface area (Å²) < 4.78 is 29.0. The lowest BCUT2D eigenvalue weighted by Gasteiger charge is -2.16. The van der Waals surface area contributed by atoms with Crippen molar-refractivity contribution in [3.8, 4) is 11.4 Å². The van der Waals surface area contributed by atoms with Gasteiger partial charge in [0.15, 0.2) is 10.6 Å². The van der Waals surface area contributed by atoms with E-state index in [9.17, 15) is 13.6 Å².